The number of hydrogen-bond donors (Lipinski definition) is 2. The Morgan fingerprint density at radius 2 is 2.05 bits per heavy atom. The molecule has 0 saturated carbocycles. The van der Waals surface area contributed by atoms with Gasteiger partial charge in [0.1, 0.15) is 17.1 Å². The van der Waals surface area contributed by atoms with Crippen molar-refractivity contribution in [3.05, 3.63) is 45.7 Å². The van der Waals surface area contributed by atoms with Gasteiger partial charge in [0.05, 0.1) is 17.2 Å². The molecule has 0 atom stereocenters. The van der Waals surface area contributed by atoms with E-state index >= 15 is 0 Å². The number of nitro groups is 1. The van der Waals surface area contributed by atoms with Crippen LogP contribution in [-0.4, -0.2) is 17.0 Å². The molecule has 0 amide bonds. The molecule has 7 heteroatoms. The lowest BCUT2D eigenvalue weighted by Gasteiger charge is -2.08. The molecule has 7 nitrogen and oxygen atoms in total. The highest BCUT2D eigenvalue weighted by Gasteiger charge is 2.19. The van der Waals surface area contributed by atoms with E-state index in [1.807, 2.05) is 13.8 Å². The van der Waals surface area contributed by atoms with Crippen LogP contribution in [0.3, 0.4) is 0 Å². The lowest BCUT2D eigenvalue weighted by atomic mass is 10.2. The molecule has 0 aliphatic heterocycles. The summed E-state index contributed by atoms with van der Waals surface area (Å²) in [6.07, 6.45) is 0. The molecule has 1 heterocycles. The fraction of sp³-hybridized carbons (Fsp3) is 0.308. The van der Waals surface area contributed by atoms with Crippen LogP contribution in [-0.2, 0) is 6.54 Å². The zero-order chi connectivity index (χ0) is 14.7. The second-order valence-electron chi connectivity index (χ2n) is 4.31. The van der Waals surface area contributed by atoms with E-state index in [0.717, 1.165) is 11.5 Å². The van der Waals surface area contributed by atoms with Gasteiger partial charge >= 0.3 is 5.69 Å². The van der Waals surface area contributed by atoms with Crippen molar-refractivity contribution in [1.82, 2.24) is 4.98 Å². The van der Waals surface area contributed by atoms with Crippen molar-refractivity contribution in [1.29, 1.82) is 0 Å². The van der Waals surface area contributed by atoms with Gasteiger partial charge in [-0.05, 0) is 26.0 Å². The number of rotatable bonds is 5. The lowest BCUT2D eigenvalue weighted by molar-refractivity contribution is -0.383. The highest BCUT2D eigenvalue weighted by Crippen LogP contribution is 2.32. The molecule has 0 spiro atoms. The zero-order valence-corrected chi connectivity index (χ0v) is 11.6. The van der Waals surface area contributed by atoms with Crippen molar-refractivity contribution in [3.63, 3.8) is 0 Å². The van der Waals surface area contributed by atoms with Crippen LogP contribution in [0.15, 0.2) is 22.6 Å². The SMILES string of the molecule is CNc1cccc(NCc2nc(C)c(C)o2)c1[N+](=O)[O-]. The molecule has 2 rings (SSSR count). The summed E-state index contributed by atoms with van der Waals surface area (Å²) in [5.41, 5.74) is 1.71. The molecule has 0 bridgehead atoms. The summed E-state index contributed by atoms with van der Waals surface area (Å²) < 4.78 is 5.43. The monoisotopic (exact) mass is 276 g/mol. The third-order valence-corrected chi connectivity index (χ3v) is 2.99. The number of aryl methyl sites for hydroxylation is 2. The first-order valence-electron chi connectivity index (χ1n) is 6.15. The van der Waals surface area contributed by atoms with Crippen LogP contribution in [0.4, 0.5) is 17.1 Å². The minimum Gasteiger partial charge on any atom is -0.444 e. The maximum atomic E-state index is 11.2. The van der Waals surface area contributed by atoms with Crippen LogP contribution in [0, 0.1) is 24.0 Å². The van der Waals surface area contributed by atoms with E-state index in [1.165, 1.54) is 0 Å². The Morgan fingerprint density at radius 3 is 2.60 bits per heavy atom. The minimum absolute atomic E-state index is 0.00926. The summed E-state index contributed by atoms with van der Waals surface area (Å²) in [7, 11) is 1.65. The molecule has 20 heavy (non-hydrogen) atoms. The summed E-state index contributed by atoms with van der Waals surface area (Å²) >= 11 is 0. The van der Waals surface area contributed by atoms with E-state index in [0.29, 0.717) is 23.8 Å². The van der Waals surface area contributed by atoms with E-state index in [1.54, 1.807) is 25.2 Å². The molecule has 0 aliphatic carbocycles. The van der Waals surface area contributed by atoms with E-state index in [2.05, 4.69) is 15.6 Å². The van der Waals surface area contributed by atoms with Gasteiger partial charge in [-0.25, -0.2) is 4.98 Å². The van der Waals surface area contributed by atoms with Crippen LogP contribution < -0.4 is 10.6 Å². The number of nitrogens with one attached hydrogen (secondary N) is 2. The maximum absolute atomic E-state index is 11.2. The molecule has 0 aliphatic rings. The number of nitrogens with zero attached hydrogens (tertiary/aromatic N) is 2. The van der Waals surface area contributed by atoms with Crippen molar-refractivity contribution in [3.8, 4) is 0 Å². The van der Waals surface area contributed by atoms with Gasteiger partial charge in [0.25, 0.3) is 0 Å². The van der Waals surface area contributed by atoms with Gasteiger partial charge in [-0.2, -0.15) is 0 Å². The second-order valence-corrected chi connectivity index (χ2v) is 4.31. The second kappa shape index (κ2) is 5.60. The van der Waals surface area contributed by atoms with Crippen LogP contribution >= 0.6 is 0 Å². The summed E-state index contributed by atoms with van der Waals surface area (Å²) in [5.74, 6) is 1.25. The molecular formula is C13H16N4O3. The first kappa shape index (κ1) is 13.9. The van der Waals surface area contributed by atoms with Crippen LogP contribution in [0.5, 0.6) is 0 Å². The van der Waals surface area contributed by atoms with Gasteiger partial charge in [-0.3, -0.25) is 10.1 Å². The minimum atomic E-state index is -0.416. The Hall–Kier alpha value is -2.57. The molecule has 0 radical (unpaired) electrons. The Labute approximate surface area is 116 Å². The highest BCUT2D eigenvalue weighted by atomic mass is 16.6. The zero-order valence-electron chi connectivity index (χ0n) is 11.6. The average molecular weight is 276 g/mol. The lowest BCUT2D eigenvalue weighted by Crippen LogP contribution is -2.05. The number of oxazole rings is 1. The summed E-state index contributed by atoms with van der Waals surface area (Å²) in [5, 5.41) is 17.0. The fourth-order valence-electron chi connectivity index (χ4n) is 1.87. The van der Waals surface area contributed by atoms with Gasteiger partial charge in [0.2, 0.25) is 5.89 Å². The summed E-state index contributed by atoms with van der Waals surface area (Å²) in [6.45, 7) is 3.98. The standard InChI is InChI=1S/C13H16N4O3/c1-8-9(2)20-12(16-8)7-15-11-6-4-5-10(14-3)13(11)17(18)19/h4-6,14-15H,7H2,1-3H3. The van der Waals surface area contributed by atoms with E-state index in [9.17, 15) is 10.1 Å². The molecule has 106 valence electrons. The number of para-hydroxylation sites is 1. The number of nitro benzene ring substituents is 1. The third-order valence-electron chi connectivity index (χ3n) is 2.99. The highest BCUT2D eigenvalue weighted by molar-refractivity contribution is 5.75. The first-order chi connectivity index (χ1) is 9.52. The van der Waals surface area contributed by atoms with Crippen molar-refractivity contribution in [2.24, 2.45) is 0 Å². The quantitative estimate of drug-likeness (QED) is 0.644. The number of benzene rings is 1. The van der Waals surface area contributed by atoms with Crippen LogP contribution in [0.25, 0.3) is 0 Å². The van der Waals surface area contributed by atoms with Crippen LogP contribution in [0.1, 0.15) is 17.3 Å². The topological polar surface area (TPSA) is 93.2 Å². The molecular weight excluding hydrogens is 260 g/mol. The Morgan fingerprint density at radius 1 is 1.35 bits per heavy atom. The summed E-state index contributed by atoms with van der Waals surface area (Å²) in [4.78, 5) is 15.0. The van der Waals surface area contributed by atoms with E-state index in [-0.39, 0.29) is 5.69 Å². The first-order valence-corrected chi connectivity index (χ1v) is 6.15. The average Bonchev–Trinajstić information content (AvgIpc) is 2.74. The number of aromatic nitrogens is 1. The smallest absolute Gasteiger partial charge is 0.315 e. The largest absolute Gasteiger partial charge is 0.444 e. The molecule has 2 N–H and O–H groups in total. The van der Waals surface area contributed by atoms with Crippen molar-refractivity contribution in [2.75, 3.05) is 17.7 Å². The van der Waals surface area contributed by atoms with Gasteiger partial charge < -0.3 is 15.1 Å². The van der Waals surface area contributed by atoms with Gasteiger partial charge in [0.15, 0.2) is 0 Å². The third kappa shape index (κ3) is 2.71. The maximum Gasteiger partial charge on any atom is 0.315 e. The normalized spacial score (nSPS) is 10.3. The van der Waals surface area contributed by atoms with Gasteiger partial charge in [0, 0.05) is 7.05 Å². The van der Waals surface area contributed by atoms with Crippen molar-refractivity contribution in [2.45, 2.75) is 20.4 Å². The van der Waals surface area contributed by atoms with Crippen molar-refractivity contribution >= 4 is 17.1 Å². The predicted octanol–water partition coefficient (Wildman–Crippen LogP) is 2.85. The van der Waals surface area contributed by atoms with Crippen molar-refractivity contribution < 1.29 is 9.34 Å². The van der Waals surface area contributed by atoms with E-state index < -0.39 is 4.92 Å². The van der Waals surface area contributed by atoms with Gasteiger partial charge in [-0.1, -0.05) is 6.07 Å². The molecule has 1 aromatic heterocycles. The Kier molecular flexibility index (Phi) is 3.88. The van der Waals surface area contributed by atoms with Crippen LogP contribution in [0.2, 0.25) is 0 Å². The number of hydrogen-bond acceptors (Lipinski definition) is 6. The number of anilines is 2. The molecule has 1 aromatic carbocycles. The predicted molar refractivity (Wildman–Crippen MR) is 75.9 cm³/mol. The van der Waals surface area contributed by atoms with Gasteiger partial charge in [-0.15, -0.1) is 0 Å². The molecule has 0 unspecified atom stereocenters. The fourth-order valence-corrected chi connectivity index (χ4v) is 1.87. The van der Waals surface area contributed by atoms with E-state index in [4.69, 9.17) is 4.42 Å². The Balaban J connectivity index is 2.23. The molecule has 2 aromatic rings. The summed E-state index contributed by atoms with van der Waals surface area (Å²) in [6, 6.07) is 5.05. The molecule has 0 fully saturated rings. The molecule has 0 saturated heterocycles. The Bertz CT molecular complexity index is 617.